The molecule has 0 fully saturated rings. The molecular formula is C16H24N6. The van der Waals surface area contributed by atoms with Gasteiger partial charge < -0.3 is 11.1 Å². The lowest BCUT2D eigenvalue weighted by Crippen LogP contribution is -2.34. The van der Waals surface area contributed by atoms with Crippen LogP contribution in [-0.4, -0.2) is 27.3 Å². The predicted octanol–water partition coefficient (Wildman–Crippen LogP) is 1.94. The summed E-state index contributed by atoms with van der Waals surface area (Å²) in [5, 5.41) is 7.51. The van der Waals surface area contributed by atoms with E-state index in [1.807, 2.05) is 42.9 Å². The van der Waals surface area contributed by atoms with Crippen molar-refractivity contribution in [1.29, 1.82) is 0 Å². The molecule has 2 aromatic heterocycles. The lowest BCUT2D eigenvalue weighted by atomic mass is 10.2. The first-order valence-electron chi connectivity index (χ1n) is 7.48. The first-order valence-corrected chi connectivity index (χ1v) is 7.48. The van der Waals surface area contributed by atoms with Gasteiger partial charge in [-0.05, 0) is 37.5 Å². The van der Waals surface area contributed by atoms with Gasteiger partial charge in [-0.2, -0.15) is 5.10 Å². The van der Waals surface area contributed by atoms with E-state index in [9.17, 15) is 0 Å². The molecule has 0 saturated carbocycles. The molecule has 0 saturated heterocycles. The number of nitrogens with zero attached hydrogens (tertiary/aromatic N) is 4. The van der Waals surface area contributed by atoms with E-state index >= 15 is 0 Å². The number of aromatic nitrogens is 3. The SMILES string of the molecule is Cc1cc(C)n(-c2ccc(CN=C(N)NCC(C)C)cn2)n1. The Morgan fingerprint density at radius 2 is 2.14 bits per heavy atom. The average Bonchev–Trinajstić information content (AvgIpc) is 2.82. The number of aliphatic imine (C=N–C) groups is 1. The van der Waals surface area contributed by atoms with Crippen molar-refractivity contribution < 1.29 is 0 Å². The molecule has 2 aromatic rings. The molecule has 0 unspecified atom stereocenters. The summed E-state index contributed by atoms with van der Waals surface area (Å²) in [5.41, 5.74) is 8.88. The van der Waals surface area contributed by atoms with Crippen molar-refractivity contribution in [2.75, 3.05) is 6.54 Å². The standard InChI is InChI=1S/C16H24N6/c1-11(2)8-19-16(17)20-10-14-5-6-15(18-9-14)22-13(4)7-12(3)21-22/h5-7,9,11H,8,10H2,1-4H3,(H3,17,19,20). The van der Waals surface area contributed by atoms with Crippen LogP contribution in [0.5, 0.6) is 0 Å². The van der Waals surface area contributed by atoms with Crippen molar-refractivity contribution in [2.45, 2.75) is 34.2 Å². The Hall–Kier alpha value is -2.37. The molecule has 0 amide bonds. The van der Waals surface area contributed by atoms with E-state index in [-0.39, 0.29) is 0 Å². The summed E-state index contributed by atoms with van der Waals surface area (Å²) in [6.45, 7) is 9.58. The van der Waals surface area contributed by atoms with E-state index in [4.69, 9.17) is 5.73 Å². The first-order chi connectivity index (χ1) is 10.5. The van der Waals surface area contributed by atoms with E-state index < -0.39 is 0 Å². The van der Waals surface area contributed by atoms with Crippen molar-refractivity contribution in [3.05, 3.63) is 41.3 Å². The Kier molecular flexibility index (Phi) is 5.14. The van der Waals surface area contributed by atoms with Crippen molar-refractivity contribution >= 4 is 5.96 Å². The Morgan fingerprint density at radius 1 is 1.36 bits per heavy atom. The van der Waals surface area contributed by atoms with Crippen LogP contribution in [0, 0.1) is 19.8 Å². The normalized spacial score (nSPS) is 12.0. The molecule has 118 valence electrons. The highest BCUT2D eigenvalue weighted by Crippen LogP contribution is 2.10. The Balaban J connectivity index is 2.00. The minimum absolute atomic E-state index is 0.469. The van der Waals surface area contributed by atoms with Crippen LogP contribution in [0.4, 0.5) is 0 Å². The number of hydrogen-bond donors (Lipinski definition) is 2. The lowest BCUT2D eigenvalue weighted by Gasteiger charge is -2.08. The van der Waals surface area contributed by atoms with Crippen molar-refractivity contribution in [2.24, 2.45) is 16.6 Å². The second kappa shape index (κ2) is 7.06. The van der Waals surface area contributed by atoms with Crippen LogP contribution in [0.1, 0.15) is 30.8 Å². The molecule has 0 radical (unpaired) electrons. The van der Waals surface area contributed by atoms with Crippen molar-refractivity contribution in [1.82, 2.24) is 20.1 Å². The van der Waals surface area contributed by atoms with Gasteiger partial charge in [-0.15, -0.1) is 0 Å². The molecule has 6 nitrogen and oxygen atoms in total. The predicted molar refractivity (Wildman–Crippen MR) is 89.0 cm³/mol. The zero-order valence-corrected chi connectivity index (χ0v) is 13.7. The summed E-state index contributed by atoms with van der Waals surface area (Å²) in [6, 6.07) is 5.97. The molecule has 0 atom stereocenters. The number of hydrogen-bond acceptors (Lipinski definition) is 3. The van der Waals surface area contributed by atoms with Crippen LogP contribution in [0.25, 0.3) is 5.82 Å². The maximum atomic E-state index is 5.82. The summed E-state index contributed by atoms with van der Waals surface area (Å²) >= 11 is 0. The molecule has 3 N–H and O–H groups in total. The number of pyridine rings is 1. The first kappa shape index (κ1) is 16.0. The number of aryl methyl sites for hydroxylation is 2. The fraction of sp³-hybridized carbons (Fsp3) is 0.438. The third-order valence-corrected chi connectivity index (χ3v) is 3.16. The molecule has 0 bridgehead atoms. The van der Waals surface area contributed by atoms with Crippen LogP contribution in [-0.2, 0) is 6.54 Å². The highest BCUT2D eigenvalue weighted by Gasteiger charge is 2.04. The molecule has 0 aliphatic rings. The van der Waals surface area contributed by atoms with Gasteiger partial charge in [0.25, 0.3) is 0 Å². The quantitative estimate of drug-likeness (QED) is 0.653. The Morgan fingerprint density at radius 3 is 2.68 bits per heavy atom. The van der Waals surface area contributed by atoms with Gasteiger partial charge in [-0.1, -0.05) is 19.9 Å². The van der Waals surface area contributed by atoms with Gasteiger partial charge in [-0.25, -0.2) is 14.7 Å². The minimum Gasteiger partial charge on any atom is -0.370 e. The average molecular weight is 300 g/mol. The van der Waals surface area contributed by atoms with E-state index in [0.717, 1.165) is 29.3 Å². The van der Waals surface area contributed by atoms with Crippen molar-refractivity contribution in [3.63, 3.8) is 0 Å². The number of nitrogens with two attached hydrogens (primary N) is 1. The fourth-order valence-corrected chi connectivity index (χ4v) is 2.04. The second-order valence-corrected chi connectivity index (χ2v) is 5.84. The molecule has 0 spiro atoms. The van der Waals surface area contributed by atoms with Crippen LogP contribution in [0.15, 0.2) is 29.4 Å². The molecule has 2 heterocycles. The molecule has 0 aliphatic heterocycles. The van der Waals surface area contributed by atoms with Crippen LogP contribution in [0.2, 0.25) is 0 Å². The van der Waals surface area contributed by atoms with Gasteiger partial charge in [0.2, 0.25) is 0 Å². The number of guanidine groups is 1. The zero-order valence-electron chi connectivity index (χ0n) is 13.7. The molecule has 22 heavy (non-hydrogen) atoms. The van der Waals surface area contributed by atoms with E-state index in [2.05, 4.69) is 34.2 Å². The zero-order chi connectivity index (χ0) is 16.1. The molecule has 6 heteroatoms. The van der Waals surface area contributed by atoms with Gasteiger partial charge in [0, 0.05) is 18.4 Å². The van der Waals surface area contributed by atoms with Crippen LogP contribution < -0.4 is 11.1 Å². The lowest BCUT2D eigenvalue weighted by molar-refractivity contribution is 0.622. The van der Waals surface area contributed by atoms with E-state index in [0.29, 0.717) is 18.4 Å². The molecular weight excluding hydrogens is 276 g/mol. The topological polar surface area (TPSA) is 81.1 Å². The highest BCUT2D eigenvalue weighted by atomic mass is 15.3. The highest BCUT2D eigenvalue weighted by molar-refractivity contribution is 5.77. The molecule has 0 aromatic carbocycles. The van der Waals surface area contributed by atoms with Gasteiger partial charge >= 0.3 is 0 Å². The maximum Gasteiger partial charge on any atom is 0.188 e. The van der Waals surface area contributed by atoms with Crippen LogP contribution >= 0.6 is 0 Å². The Bertz CT molecular complexity index is 639. The summed E-state index contributed by atoms with van der Waals surface area (Å²) in [7, 11) is 0. The van der Waals surface area contributed by atoms with E-state index in [1.54, 1.807) is 0 Å². The smallest absolute Gasteiger partial charge is 0.188 e. The van der Waals surface area contributed by atoms with Gasteiger partial charge in [0.05, 0.1) is 12.2 Å². The minimum atomic E-state index is 0.469. The molecule has 2 rings (SSSR count). The third-order valence-electron chi connectivity index (χ3n) is 3.16. The fourth-order valence-electron chi connectivity index (χ4n) is 2.04. The maximum absolute atomic E-state index is 5.82. The van der Waals surface area contributed by atoms with Gasteiger partial charge in [0.15, 0.2) is 11.8 Å². The summed E-state index contributed by atoms with van der Waals surface area (Å²) < 4.78 is 1.83. The van der Waals surface area contributed by atoms with Crippen molar-refractivity contribution in [3.8, 4) is 5.82 Å². The third kappa shape index (κ3) is 4.31. The molecule has 0 aliphatic carbocycles. The summed E-state index contributed by atoms with van der Waals surface area (Å²) in [6.07, 6.45) is 1.81. The number of rotatable bonds is 5. The second-order valence-electron chi connectivity index (χ2n) is 5.84. The Labute approximate surface area is 131 Å². The summed E-state index contributed by atoms with van der Waals surface area (Å²) in [5.74, 6) is 1.82. The van der Waals surface area contributed by atoms with Gasteiger partial charge in [0.1, 0.15) is 0 Å². The largest absolute Gasteiger partial charge is 0.370 e. The van der Waals surface area contributed by atoms with Gasteiger partial charge in [-0.3, -0.25) is 0 Å². The van der Waals surface area contributed by atoms with Crippen LogP contribution in [0.3, 0.4) is 0 Å². The monoisotopic (exact) mass is 300 g/mol. The number of nitrogens with one attached hydrogen (secondary N) is 1. The van der Waals surface area contributed by atoms with E-state index in [1.165, 1.54) is 0 Å². The summed E-state index contributed by atoms with van der Waals surface area (Å²) in [4.78, 5) is 8.76.